The SMILES string of the molecule is Clc1cc(Br)cc2ccc(NCc3cnn4c3CNCC4)nc12. The van der Waals surface area contributed by atoms with Crippen molar-refractivity contribution in [2.75, 3.05) is 11.9 Å². The normalized spacial score (nSPS) is 14.0. The van der Waals surface area contributed by atoms with E-state index in [1.165, 1.54) is 11.3 Å². The summed E-state index contributed by atoms with van der Waals surface area (Å²) in [6.45, 7) is 3.46. The fraction of sp³-hybridized carbons (Fsp3) is 0.250. The highest BCUT2D eigenvalue weighted by atomic mass is 79.9. The lowest BCUT2D eigenvalue weighted by atomic mass is 10.2. The molecular weight excluding hydrogens is 378 g/mol. The van der Waals surface area contributed by atoms with Gasteiger partial charge >= 0.3 is 0 Å². The molecule has 0 saturated heterocycles. The molecule has 1 aromatic carbocycles. The summed E-state index contributed by atoms with van der Waals surface area (Å²) in [5, 5.41) is 12.8. The molecule has 7 heteroatoms. The van der Waals surface area contributed by atoms with E-state index in [0.717, 1.165) is 40.8 Å². The van der Waals surface area contributed by atoms with Gasteiger partial charge in [-0.3, -0.25) is 4.68 Å². The first kappa shape index (κ1) is 14.9. The number of anilines is 1. The standard InChI is InChI=1S/C16H15BrClN5/c17-12-5-10-1-2-15(22-16(10)13(18)6-12)20-7-11-8-21-23-4-3-19-9-14(11)23/h1-2,5-6,8,19H,3-4,7,9H2,(H,20,22). The van der Waals surface area contributed by atoms with Gasteiger partial charge in [0.1, 0.15) is 5.82 Å². The lowest BCUT2D eigenvalue weighted by Gasteiger charge is -2.16. The van der Waals surface area contributed by atoms with Crippen LogP contribution in [0.25, 0.3) is 10.9 Å². The van der Waals surface area contributed by atoms with Gasteiger partial charge in [-0.2, -0.15) is 5.10 Å². The van der Waals surface area contributed by atoms with Gasteiger partial charge in [0.25, 0.3) is 0 Å². The number of halogens is 2. The second kappa shape index (κ2) is 6.11. The highest BCUT2D eigenvalue weighted by molar-refractivity contribution is 9.10. The van der Waals surface area contributed by atoms with E-state index in [1.54, 1.807) is 0 Å². The maximum Gasteiger partial charge on any atom is 0.126 e. The van der Waals surface area contributed by atoms with E-state index in [4.69, 9.17) is 11.6 Å². The Bertz CT molecular complexity index is 876. The van der Waals surface area contributed by atoms with Crippen LogP contribution >= 0.6 is 27.5 Å². The zero-order valence-electron chi connectivity index (χ0n) is 12.3. The maximum atomic E-state index is 6.29. The molecule has 1 aliphatic rings. The van der Waals surface area contributed by atoms with Crippen LogP contribution in [0.3, 0.4) is 0 Å². The topological polar surface area (TPSA) is 54.8 Å². The Morgan fingerprint density at radius 2 is 2.26 bits per heavy atom. The van der Waals surface area contributed by atoms with Crippen molar-refractivity contribution in [3.63, 3.8) is 0 Å². The quantitative estimate of drug-likeness (QED) is 0.715. The molecule has 0 fully saturated rings. The number of fused-ring (bicyclic) bond motifs is 2. The van der Waals surface area contributed by atoms with E-state index in [9.17, 15) is 0 Å². The molecule has 0 atom stereocenters. The average molecular weight is 393 g/mol. The Labute approximate surface area is 147 Å². The van der Waals surface area contributed by atoms with E-state index in [-0.39, 0.29) is 0 Å². The molecule has 23 heavy (non-hydrogen) atoms. The van der Waals surface area contributed by atoms with Crippen molar-refractivity contribution in [2.24, 2.45) is 0 Å². The molecule has 0 aliphatic carbocycles. The third-order valence-electron chi connectivity index (χ3n) is 4.00. The van der Waals surface area contributed by atoms with Gasteiger partial charge in [0.15, 0.2) is 0 Å². The van der Waals surface area contributed by atoms with Gasteiger partial charge in [-0.25, -0.2) is 4.98 Å². The van der Waals surface area contributed by atoms with Crippen LogP contribution in [0.2, 0.25) is 5.02 Å². The predicted octanol–water partition coefficient (Wildman–Crippen LogP) is 3.56. The van der Waals surface area contributed by atoms with Gasteiger partial charge in [0, 0.05) is 35.1 Å². The van der Waals surface area contributed by atoms with Crippen LogP contribution in [0, 0.1) is 0 Å². The number of pyridine rings is 1. The van der Waals surface area contributed by atoms with Crippen LogP contribution in [0.15, 0.2) is 34.9 Å². The number of aromatic nitrogens is 3. The van der Waals surface area contributed by atoms with Gasteiger partial charge in [0.2, 0.25) is 0 Å². The van der Waals surface area contributed by atoms with Gasteiger partial charge < -0.3 is 10.6 Å². The first-order chi connectivity index (χ1) is 11.2. The second-order valence-electron chi connectivity index (χ2n) is 5.53. The van der Waals surface area contributed by atoms with Crippen LogP contribution in [0.4, 0.5) is 5.82 Å². The Morgan fingerprint density at radius 1 is 1.35 bits per heavy atom. The van der Waals surface area contributed by atoms with Gasteiger partial charge in [0.05, 0.1) is 29.0 Å². The Kier molecular flexibility index (Phi) is 3.97. The van der Waals surface area contributed by atoms with Crippen LogP contribution < -0.4 is 10.6 Å². The first-order valence-electron chi connectivity index (χ1n) is 7.45. The molecule has 0 unspecified atom stereocenters. The van der Waals surface area contributed by atoms with Crippen molar-refractivity contribution in [3.05, 3.63) is 51.2 Å². The minimum absolute atomic E-state index is 0.644. The highest BCUT2D eigenvalue weighted by Gasteiger charge is 2.14. The minimum Gasteiger partial charge on any atom is -0.366 e. The summed E-state index contributed by atoms with van der Waals surface area (Å²) < 4.78 is 3.02. The maximum absolute atomic E-state index is 6.29. The van der Waals surface area contributed by atoms with Crippen molar-refractivity contribution >= 4 is 44.3 Å². The van der Waals surface area contributed by atoms with Crippen LogP contribution in [-0.2, 0) is 19.6 Å². The molecule has 2 aromatic heterocycles. The third kappa shape index (κ3) is 2.94. The number of nitrogens with one attached hydrogen (secondary N) is 2. The molecule has 4 rings (SSSR count). The fourth-order valence-electron chi connectivity index (χ4n) is 2.83. The predicted molar refractivity (Wildman–Crippen MR) is 95.7 cm³/mol. The van der Waals surface area contributed by atoms with Crippen molar-refractivity contribution < 1.29 is 0 Å². The number of benzene rings is 1. The fourth-order valence-corrected chi connectivity index (χ4v) is 3.70. The number of rotatable bonds is 3. The summed E-state index contributed by atoms with van der Waals surface area (Å²) in [5.41, 5.74) is 3.24. The van der Waals surface area contributed by atoms with Crippen molar-refractivity contribution in [1.29, 1.82) is 0 Å². The largest absolute Gasteiger partial charge is 0.366 e. The molecule has 0 bridgehead atoms. The average Bonchev–Trinajstić information content (AvgIpc) is 2.96. The molecular formula is C16H15BrClN5. The molecule has 3 aromatic rings. The summed E-state index contributed by atoms with van der Waals surface area (Å²) in [4.78, 5) is 4.62. The van der Waals surface area contributed by atoms with Crippen molar-refractivity contribution in [3.8, 4) is 0 Å². The molecule has 0 amide bonds. The van der Waals surface area contributed by atoms with Crippen LogP contribution in [0.5, 0.6) is 0 Å². The summed E-state index contributed by atoms with van der Waals surface area (Å²) in [6.07, 6.45) is 1.93. The molecule has 0 radical (unpaired) electrons. The summed E-state index contributed by atoms with van der Waals surface area (Å²) in [7, 11) is 0. The van der Waals surface area contributed by atoms with E-state index < -0.39 is 0 Å². The second-order valence-corrected chi connectivity index (χ2v) is 6.85. The summed E-state index contributed by atoms with van der Waals surface area (Å²) in [6, 6.07) is 7.87. The summed E-state index contributed by atoms with van der Waals surface area (Å²) >= 11 is 9.74. The smallest absolute Gasteiger partial charge is 0.126 e. The summed E-state index contributed by atoms with van der Waals surface area (Å²) in [5.74, 6) is 0.811. The van der Waals surface area contributed by atoms with Crippen LogP contribution in [-0.4, -0.2) is 21.3 Å². The lowest BCUT2D eigenvalue weighted by molar-refractivity contribution is 0.474. The van der Waals surface area contributed by atoms with Gasteiger partial charge in [-0.1, -0.05) is 27.5 Å². The molecule has 118 valence electrons. The van der Waals surface area contributed by atoms with E-state index in [0.29, 0.717) is 11.6 Å². The first-order valence-corrected chi connectivity index (χ1v) is 8.62. The number of nitrogens with zero attached hydrogens (tertiary/aromatic N) is 3. The van der Waals surface area contributed by atoms with E-state index in [2.05, 4.69) is 41.3 Å². The Morgan fingerprint density at radius 3 is 3.17 bits per heavy atom. The van der Waals surface area contributed by atoms with Gasteiger partial charge in [-0.15, -0.1) is 0 Å². The van der Waals surface area contributed by atoms with E-state index >= 15 is 0 Å². The Hall–Kier alpha value is -1.63. The van der Waals surface area contributed by atoms with E-state index in [1.807, 2.05) is 30.5 Å². The number of hydrogen-bond donors (Lipinski definition) is 2. The lowest BCUT2D eigenvalue weighted by Crippen LogP contribution is -2.29. The Balaban J connectivity index is 1.57. The van der Waals surface area contributed by atoms with Crippen molar-refractivity contribution in [1.82, 2.24) is 20.1 Å². The van der Waals surface area contributed by atoms with Gasteiger partial charge in [-0.05, 0) is 24.3 Å². The van der Waals surface area contributed by atoms with Crippen molar-refractivity contribution in [2.45, 2.75) is 19.6 Å². The highest BCUT2D eigenvalue weighted by Crippen LogP contribution is 2.28. The molecule has 5 nitrogen and oxygen atoms in total. The molecule has 1 aliphatic heterocycles. The van der Waals surface area contributed by atoms with Crippen LogP contribution in [0.1, 0.15) is 11.3 Å². The monoisotopic (exact) mass is 391 g/mol. The zero-order valence-corrected chi connectivity index (χ0v) is 14.7. The third-order valence-corrected chi connectivity index (χ3v) is 4.74. The zero-order chi connectivity index (χ0) is 15.8. The molecule has 2 N–H and O–H groups in total. The molecule has 3 heterocycles. The minimum atomic E-state index is 0.644. The number of hydrogen-bond acceptors (Lipinski definition) is 4. The molecule has 0 spiro atoms. The molecule has 0 saturated carbocycles.